The third kappa shape index (κ3) is 4.96. The van der Waals surface area contributed by atoms with Crippen LogP contribution in [0.3, 0.4) is 0 Å². The molecule has 0 bridgehead atoms. The van der Waals surface area contributed by atoms with Crippen molar-refractivity contribution in [3.63, 3.8) is 0 Å². The van der Waals surface area contributed by atoms with Gasteiger partial charge in [0.1, 0.15) is 0 Å². The second-order valence-corrected chi connectivity index (χ2v) is 5.12. The minimum atomic E-state index is -0.884. The van der Waals surface area contributed by atoms with Crippen molar-refractivity contribution < 1.29 is 15.0 Å². The first-order valence-corrected chi connectivity index (χ1v) is 6.83. The maximum Gasteiger partial charge on any atom is 0.303 e. The van der Waals surface area contributed by atoms with Gasteiger partial charge in [-0.15, -0.1) is 6.58 Å². The van der Waals surface area contributed by atoms with Crippen LogP contribution in [-0.2, 0) is 4.79 Å². The molecule has 0 heterocycles. The van der Waals surface area contributed by atoms with E-state index in [2.05, 4.69) is 11.9 Å². The van der Waals surface area contributed by atoms with Gasteiger partial charge < -0.3 is 15.5 Å². The summed E-state index contributed by atoms with van der Waals surface area (Å²) in [4.78, 5) is 10.7. The number of nitrogens with one attached hydrogen (secondary N) is 1. The third-order valence-corrected chi connectivity index (χ3v) is 3.37. The number of hydrogen-bond donors (Lipinski definition) is 3. The maximum atomic E-state index is 10.7. The summed E-state index contributed by atoms with van der Waals surface area (Å²) in [6.45, 7) is 6.00. The Morgan fingerprint density at radius 1 is 1.55 bits per heavy atom. The van der Waals surface area contributed by atoms with E-state index in [1.807, 2.05) is 13.0 Å². The highest BCUT2D eigenvalue weighted by atomic mass is 35.5. The Kier molecular flexibility index (Phi) is 6.71. The van der Waals surface area contributed by atoms with Gasteiger partial charge in [-0.05, 0) is 36.6 Å². The Labute approximate surface area is 124 Å². The van der Waals surface area contributed by atoms with E-state index in [9.17, 15) is 9.90 Å². The lowest BCUT2D eigenvalue weighted by molar-refractivity contribution is -0.137. The summed E-state index contributed by atoms with van der Waals surface area (Å²) in [5, 5.41) is 22.9. The Balaban J connectivity index is 2.89. The number of aliphatic hydroxyl groups is 1. The second kappa shape index (κ2) is 8.04. The van der Waals surface area contributed by atoms with Gasteiger partial charge in [-0.1, -0.05) is 23.7 Å². The molecule has 1 aromatic rings. The summed E-state index contributed by atoms with van der Waals surface area (Å²) in [6.07, 6.45) is 1.18. The highest BCUT2D eigenvalue weighted by Crippen LogP contribution is 2.26. The lowest BCUT2D eigenvalue weighted by Gasteiger charge is -2.25. The van der Waals surface area contributed by atoms with E-state index in [1.165, 1.54) is 0 Å². The van der Waals surface area contributed by atoms with Crippen LogP contribution in [0.5, 0.6) is 0 Å². The second-order valence-electron chi connectivity index (χ2n) is 4.68. The summed E-state index contributed by atoms with van der Waals surface area (Å²) in [5.74, 6) is -0.884. The zero-order chi connectivity index (χ0) is 15.1. The highest BCUT2D eigenvalue weighted by molar-refractivity contribution is 6.30. The van der Waals surface area contributed by atoms with E-state index in [0.29, 0.717) is 23.6 Å². The quantitative estimate of drug-likeness (QED) is 0.645. The van der Waals surface area contributed by atoms with Crippen LogP contribution in [0.1, 0.15) is 30.1 Å². The first-order chi connectivity index (χ1) is 9.45. The average molecular weight is 298 g/mol. The van der Waals surface area contributed by atoms with Gasteiger partial charge in [0.15, 0.2) is 0 Å². The monoisotopic (exact) mass is 297 g/mol. The number of rotatable bonds is 8. The van der Waals surface area contributed by atoms with E-state index in [1.54, 1.807) is 18.2 Å². The van der Waals surface area contributed by atoms with Crippen molar-refractivity contribution in [3.8, 4) is 0 Å². The number of hydrogen-bond acceptors (Lipinski definition) is 3. The van der Waals surface area contributed by atoms with E-state index in [0.717, 1.165) is 5.56 Å². The lowest BCUT2D eigenvalue weighted by Crippen LogP contribution is -2.36. The molecule has 0 aliphatic carbocycles. The first kappa shape index (κ1) is 16.7. The normalized spacial score (nSPS) is 13.8. The van der Waals surface area contributed by atoms with Crippen LogP contribution in [-0.4, -0.2) is 28.8 Å². The summed E-state index contributed by atoms with van der Waals surface area (Å²) in [7, 11) is 0. The molecule has 3 N–H and O–H groups in total. The number of carbonyl (C=O) groups is 1. The Bertz CT molecular complexity index is 476. The van der Waals surface area contributed by atoms with Crippen LogP contribution in [0.25, 0.3) is 0 Å². The first-order valence-electron chi connectivity index (χ1n) is 6.46. The molecule has 0 amide bonds. The molecule has 5 heteroatoms. The zero-order valence-electron chi connectivity index (χ0n) is 11.5. The molecule has 2 atom stereocenters. The van der Waals surface area contributed by atoms with Crippen LogP contribution in [0, 0.1) is 6.92 Å². The van der Waals surface area contributed by atoms with E-state index in [-0.39, 0.29) is 12.5 Å². The van der Waals surface area contributed by atoms with Gasteiger partial charge in [-0.2, -0.15) is 0 Å². The molecule has 0 aromatic heterocycles. The third-order valence-electron chi connectivity index (χ3n) is 3.13. The Morgan fingerprint density at radius 2 is 2.25 bits per heavy atom. The van der Waals surface area contributed by atoms with Crippen molar-refractivity contribution in [1.29, 1.82) is 0 Å². The average Bonchev–Trinajstić information content (AvgIpc) is 2.40. The molecule has 0 aliphatic heterocycles. The van der Waals surface area contributed by atoms with E-state index >= 15 is 0 Å². The molecule has 4 nitrogen and oxygen atoms in total. The minimum absolute atomic E-state index is 0.00845. The molecule has 0 saturated heterocycles. The summed E-state index contributed by atoms with van der Waals surface area (Å²) in [5.41, 5.74) is 1.63. The Hall–Kier alpha value is -1.36. The molecule has 1 aromatic carbocycles. The topological polar surface area (TPSA) is 69.6 Å². The molecule has 20 heavy (non-hydrogen) atoms. The zero-order valence-corrected chi connectivity index (χ0v) is 12.2. The molecule has 0 radical (unpaired) electrons. The van der Waals surface area contributed by atoms with Gasteiger partial charge in [0.2, 0.25) is 0 Å². The van der Waals surface area contributed by atoms with Gasteiger partial charge in [0.25, 0.3) is 0 Å². The van der Waals surface area contributed by atoms with Crippen molar-refractivity contribution in [2.45, 2.75) is 31.9 Å². The molecule has 1 rings (SSSR count). The maximum absolute atomic E-state index is 10.7. The smallest absolute Gasteiger partial charge is 0.303 e. The van der Waals surface area contributed by atoms with E-state index < -0.39 is 12.1 Å². The molecule has 0 saturated carbocycles. The number of aliphatic hydroxyl groups excluding tert-OH is 1. The summed E-state index contributed by atoms with van der Waals surface area (Å²) in [6, 6.07) is 4.95. The standard InChI is InChI=1S/C15H20ClNO3/c1-3-8-17-13(6-7-14(18)19)15(20)12-9-11(16)5-4-10(12)2/h3-5,9,13,15,17,20H,1,6-8H2,2H3,(H,18,19). The van der Waals surface area contributed by atoms with Gasteiger partial charge in [-0.3, -0.25) is 4.79 Å². The molecule has 0 aliphatic rings. The van der Waals surface area contributed by atoms with Crippen LogP contribution in [0.4, 0.5) is 0 Å². The fourth-order valence-electron chi connectivity index (χ4n) is 2.03. The number of aryl methyl sites for hydroxylation is 1. The summed E-state index contributed by atoms with van der Waals surface area (Å²) < 4.78 is 0. The fourth-order valence-corrected chi connectivity index (χ4v) is 2.21. The van der Waals surface area contributed by atoms with Gasteiger partial charge in [0, 0.05) is 24.0 Å². The fraction of sp³-hybridized carbons (Fsp3) is 0.400. The largest absolute Gasteiger partial charge is 0.481 e. The number of carboxylic acids is 1. The predicted octanol–water partition coefficient (Wildman–Crippen LogP) is 2.69. The van der Waals surface area contributed by atoms with Crippen LogP contribution in [0.15, 0.2) is 30.9 Å². The minimum Gasteiger partial charge on any atom is -0.481 e. The van der Waals surface area contributed by atoms with Gasteiger partial charge in [0.05, 0.1) is 6.10 Å². The lowest BCUT2D eigenvalue weighted by atomic mass is 9.95. The highest BCUT2D eigenvalue weighted by Gasteiger charge is 2.22. The summed E-state index contributed by atoms with van der Waals surface area (Å²) >= 11 is 5.96. The van der Waals surface area contributed by atoms with Crippen molar-refractivity contribution in [1.82, 2.24) is 5.32 Å². The SMILES string of the molecule is C=CCNC(CCC(=O)O)C(O)c1cc(Cl)ccc1C. The molecule has 110 valence electrons. The number of benzene rings is 1. The van der Waals surface area contributed by atoms with Gasteiger partial charge >= 0.3 is 5.97 Å². The van der Waals surface area contributed by atoms with Crippen LogP contribution in [0.2, 0.25) is 5.02 Å². The van der Waals surface area contributed by atoms with Crippen LogP contribution >= 0.6 is 11.6 Å². The molecular formula is C15H20ClNO3. The number of carboxylic acid groups (broad SMARTS) is 1. The molecular weight excluding hydrogens is 278 g/mol. The molecule has 0 fully saturated rings. The molecule has 0 spiro atoms. The van der Waals surface area contributed by atoms with E-state index in [4.69, 9.17) is 16.7 Å². The number of halogens is 1. The van der Waals surface area contributed by atoms with Crippen molar-refractivity contribution in [3.05, 3.63) is 47.0 Å². The Morgan fingerprint density at radius 3 is 2.85 bits per heavy atom. The number of aliphatic carboxylic acids is 1. The van der Waals surface area contributed by atoms with Gasteiger partial charge in [-0.25, -0.2) is 0 Å². The van der Waals surface area contributed by atoms with Crippen molar-refractivity contribution in [2.24, 2.45) is 0 Å². The molecule has 2 unspecified atom stereocenters. The van der Waals surface area contributed by atoms with Crippen LogP contribution < -0.4 is 5.32 Å². The van der Waals surface area contributed by atoms with Crippen molar-refractivity contribution >= 4 is 17.6 Å². The predicted molar refractivity (Wildman–Crippen MR) is 80.0 cm³/mol. The van der Waals surface area contributed by atoms with Crippen molar-refractivity contribution in [2.75, 3.05) is 6.54 Å².